The number of sulfonamides is 1. The zero-order chi connectivity index (χ0) is 17.0. The summed E-state index contributed by atoms with van der Waals surface area (Å²) in [6, 6.07) is 7.81. The topological polar surface area (TPSA) is 66.5 Å². The number of benzene rings is 1. The summed E-state index contributed by atoms with van der Waals surface area (Å²) >= 11 is 7.31. The van der Waals surface area contributed by atoms with Crippen molar-refractivity contribution < 1.29 is 13.2 Å². The minimum atomic E-state index is -3.71. The fourth-order valence-corrected chi connectivity index (χ4v) is 3.99. The lowest BCUT2D eigenvalue weighted by Gasteiger charge is -2.17. The Balaban J connectivity index is 1.97. The van der Waals surface area contributed by atoms with Crippen molar-refractivity contribution in [1.82, 2.24) is 9.62 Å². The van der Waals surface area contributed by atoms with Crippen molar-refractivity contribution in [3.8, 4) is 0 Å². The highest BCUT2D eigenvalue weighted by Crippen LogP contribution is 2.17. The lowest BCUT2D eigenvalue weighted by Crippen LogP contribution is -2.38. The van der Waals surface area contributed by atoms with Crippen molar-refractivity contribution in [1.29, 1.82) is 0 Å². The van der Waals surface area contributed by atoms with E-state index in [0.717, 1.165) is 14.7 Å². The van der Waals surface area contributed by atoms with Crippen LogP contribution in [0.15, 0.2) is 40.6 Å². The minimum Gasteiger partial charge on any atom is -0.350 e. The first kappa shape index (κ1) is 17.9. The quantitative estimate of drug-likeness (QED) is 0.847. The smallest absolute Gasteiger partial charge is 0.243 e. The van der Waals surface area contributed by atoms with Crippen LogP contribution in [0, 0.1) is 6.92 Å². The predicted molar refractivity (Wildman–Crippen MR) is 92.2 cm³/mol. The number of halogens is 1. The highest BCUT2D eigenvalue weighted by molar-refractivity contribution is 7.89. The summed E-state index contributed by atoms with van der Waals surface area (Å²) in [5.41, 5.74) is 1.11. The van der Waals surface area contributed by atoms with Gasteiger partial charge in [-0.2, -0.15) is 4.31 Å². The second-order valence-corrected chi connectivity index (χ2v) is 8.50. The minimum absolute atomic E-state index is 0.103. The molecule has 0 atom stereocenters. The van der Waals surface area contributed by atoms with Gasteiger partial charge in [-0.15, -0.1) is 11.3 Å². The summed E-state index contributed by atoms with van der Waals surface area (Å²) < 4.78 is 25.8. The first-order valence-electron chi connectivity index (χ1n) is 6.82. The van der Waals surface area contributed by atoms with Crippen LogP contribution in [0.4, 0.5) is 0 Å². The molecule has 1 heterocycles. The highest BCUT2D eigenvalue weighted by atomic mass is 35.5. The maximum absolute atomic E-state index is 12.4. The summed E-state index contributed by atoms with van der Waals surface area (Å²) in [5.74, 6) is -0.349. The Morgan fingerprint density at radius 2 is 1.91 bits per heavy atom. The van der Waals surface area contributed by atoms with Gasteiger partial charge in [0, 0.05) is 16.9 Å². The lowest BCUT2D eigenvalue weighted by molar-refractivity contribution is -0.121. The van der Waals surface area contributed by atoms with E-state index in [1.165, 1.54) is 31.3 Å². The third-order valence-corrected chi connectivity index (χ3v) is 6.39. The molecule has 0 saturated heterocycles. The van der Waals surface area contributed by atoms with Gasteiger partial charge in [0.15, 0.2) is 0 Å². The van der Waals surface area contributed by atoms with E-state index in [9.17, 15) is 13.2 Å². The molecule has 8 heteroatoms. The van der Waals surface area contributed by atoms with E-state index >= 15 is 0 Å². The molecule has 0 radical (unpaired) electrons. The van der Waals surface area contributed by atoms with Gasteiger partial charge < -0.3 is 5.32 Å². The average molecular weight is 373 g/mol. The number of nitrogens with zero attached hydrogens (tertiary/aromatic N) is 1. The van der Waals surface area contributed by atoms with Crippen LogP contribution in [0.5, 0.6) is 0 Å². The van der Waals surface area contributed by atoms with Crippen LogP contribution < -0.4 is 5.32 Å². The number of carbonyl (C=O) groups excluding carboxylic acids is 1. The molecule has 23 heavy (non-hydrogen) atoms. The van der Waals surface area contributed by atoms with Gasteiger partial charge in [0.25, 0.3) is 0 Å². The predicted octanol–water partition coefficient (Wildman–Crippen LogP) is 2.65. The zero-order valence-corrected chi connectivity index (χ0v) is 15.1. The van der Waals surface area contributed by atoms with E-state index in [1.54, 1.807) is 11.3 Å². The molecule has 2 rings (SSSR count). The van der Waals surface area contributed by atoms with E-state index < -0.39 is 10.0 Å². The van der Waals surface area contributed by atoms with Crippen LogP contribution in [0.2, 0.25) is 5.02 Å². The lowest BCUT2D eigenvalue weighted by atomic mass is 10.3. The summed E-state index contributed by atoms with van der Waals surface area (Å²) in [6.07, 6.45) is 0. The molecule has 0 aliphatic heterocycles. The Morgan fingerprint density at radius 1 is 1.26 bits per heavy atom. The molecule has 1 aromatic heterocycles. The summed E-state index contributed by atoms with van der Waals surface area (Å²) in [7, 11) is -2.34. The Labute approximate surface area is 144 Å². The van der Waals surface area contributed by atoms with E-state index in [2.05, 4.69) is 5.32 Å². The molecule has 1 amide bonds. The maximum atomic E-state index is 12.4. The first-order chi connectivity index (χ1) is 10.8. The Kier molecular flexibility index (Phi) is 5.80. The van der Waals surface area contributed by atoms with E-state index in [4.69, 9.17) is 11.6 Å². The van der Waals surface area contributed by atoms with Gasteiger partial charge in [-0.1, -0.05) is 11.6 Å². The Hall–Kier alpha value is -1.41. The van der Waals surface area contributed by atoms with Crippen LogP contribution >= 0.6 is 22.9 Å². The number of hydrogen-bond acceptors (Lipinski definition) is 4. The second-order valence-electron chi connectivity index (χ2n) is 5.02. The van der Waals surface area contributed by atoms with Crippen molar-refractivity contribution in [3.63, 3.8) is 0 Å². The number of nitrogens with one attached hydrogen (secondary N) is 1. The Morgan fingerprint density at radius 3 is 2.48 bits per heavy atom. The normalized spacial score (nSPS) is 11.7. The molecule has 124 valence electrons. The van der Waals surface area contributed by atoms with Gasteiger partial charge in [0.1, 0.15) is 0 Å². The monoisotopic (exact) mass is 372 g/mol. The molecule has 1 aromatic carbocycles. The molecular weight excluding hydrogens is 356 g/mol. The maximum Gasteiger partial charge on any atom is 0.243 e. The molecular formula is C15H17ClN2O3S2. The van der Waals surface area contributed by atoms with Gasteiger partial charge in [0.05, 0.1) is 18.0 Å². The molecule has 0 bridgehead atoms. The van der Waals surface area contributed by atoms with Crippen molar-refractivity contribution in [2.24, 2.45) is 0 Å². The SMILES string of the molecule is Cc1ccsc1CNC(=O)CN(C)S(=O)(=O)c1ccc(Cl)cc1. The number of carbonyl (C=O) groups is 1. The third-order valence-electron chi connectivity index (χ3n) is 3.30. The Bertz CT molecular complexity index is 785. The molecule has 0 unspecified atom stereocenters. The van der Waals surface area contributed by atoms with Crippen molar-refractivity contribution in [2.75, 3.05) is 13.6 Å². The summed E-state index contributed by atoms with van der Waals surface area (Å²) in [6.45, 7) is 2.13. The molecule has 0 aliphatic carbocycles. The van der Waals surface area contributed by atoms with E-state index in [1.807, 2.05) is 18.4 Å². The van der Waals surface area contributed by atoms with Crippen LogP contribution in [0.1, 0.15) is 10.4 Å². The number of likely N-dealkylation sites (N-methyl/N-ethyl adjacent to an activating group) is 1. The molecule has 1 N–H and O–H groups in total. The third kappa shape index (κ3) is 4.54. The van der Waals surface area contributed by atoms with Crippen LogP contribution in [-0.2, 0) is 21.4 Å². The van der Waals surface area contributed by atoms with Gasteiger partial charge in [-0.05, 0) is 48.2 Å². The zero-order valence-electron chi connectivity index (χ0n) is 12.7. The number of aryl methyl sites for hydroxylation is 1. The number of rotatable bonds is 6. The largest absolute Gasteiger partial charge is 0.350 e. The fraction of sp³-hybridized carbons (Fsp3) is 0.267. The molecule has 0 fully saturated rings. The second kappa shape index (κ2) is 7.44. The van der Waals surface area contributed by atoms with E-state index in [0.29, 0.717) is 11.6 Å². The standard InChI is InChI=1S/C15H17ClN2O3S2/c1-11-7-8-22-14(11)9-17-15(19)10-18(2)23(20,21)13-5-3-12(16)4-6-13/h3-8H,9-10H2,1-2H3,(H,17,19). The molecule has 5 nitrogen and oxygen atoms in total. The van der Waals surface area contributed by atoms with E-state index in [-0.39, 0.29) is 17.3 Å². The van der Waals surface area contributed by atoms with Crippen molar-refractivity contribution in [3.05, 3.63) is 51.2 Å². The number of amides is 1. The van der Waals surface area contributed by atoms with Crippen molar-refractivity contribution >= 4 is 38.9 Å². The first-order valence-corrected chi connectivity index (χ1v) is 9.52. The number of hydrogen-bond donors (Lipinski definition) is 1. The van der Waals surface area contributed by atoms with Crippen LogP contribution in [-0.4, -0.2) is 32.2 Å². The fourth-order valence-electron chi connectivity index (χ4n) is 1.89. The van der Waals surface area contributed by atoms with Gasteiger partial charge in [-0.25, -0.2) is 8.42 Å². The molecule has 2 aromatic rings. The summed E-state index contributed by atoms with van der Waals surface area (Å²) in [5, 5.41) is 5.14. The van der Waals surface area contributed by atoms with Gasteiger partial charge >= 0.3 is 0 Å². The highest BCUT2D eigenvalue weighted by Gasteiger charge is 2.22. The van der Waals surface area contributed by atoms with Crippen LogP contribution in [0.25, 0.3) is 0 Å². The van der Waals surface area contributed by atoms with Gasteiger partial charge in [0.2, 0.25) is 15.9 Å². The van der Waals surface area contributed by atoms with Crippen molar-refractivity contribution in [2.45, 2.75) is 18.4 Å². The molecule has 0 spiro atoms. The van der Waals surface area contributed by atoms with Crippen LogP contribution in [0.3, 0.4) is 0 Å². The average Bonchev–Trinajstić information content (AvgIpc) is 2.91. The number of thiophene rings is 1. The summed E-state index contributed by atoms with van der Waals surface area (Å²) in [4.78, 5) is 13.1. The molecule has 0 aliphatic rings. The van der Waals surface area contributed by atoms with Gasteiger partial charge in [-0.3, -0.25) is 4.79 Å². The molecule has 0 saturated carbocycles.